The highest BCUT2D eigenvalue weighted by Crippen LogP contribution is 2.46. The first-order valence-corrected chi connectivity index (χ1v) is 22.9. The minimum Gasteiger partial charge on any atom is -0.309 e. The van der Waals surface area contributed by atoms with Gasteiger partial charge in [0.05, 0.1) is 44.5 Å². The van der Waals surface area contributed by atoms with Crippen LogP contribution in [0.1, 0.15) is 0 Å². The lowest BCUT2D eigenvalue weighted by Gasteiger charge is -2.13. The lowest BCUT2D eigenvalue weighted by Crippen LogP contribution is -2.04. The quantitative estimate of drug-likeness (QED) is 0.156. The van der Waals surface area contributed by atoms with Crippen LogP contribution in [-0.2, 0) is 0 Å². The lowest BCUT2D eigenvalue weighted by molar-refractivity contribution is 0.996. The Bertz CT molecular complexity index is 4370. The summed E-state index contributed by atoms with van der Waals surface area (Å²) >= 11 is 0. The molecule has 0 spiro atoms. The van der Waals surface area contributed by atoms with Gasteiger partial charge in [0.15, 0.2) is 0 Å². The molecule has 310 valence electrons. The van der Waals surface area contributed by atoms with E-state index >= 15 is 0 Å². The Balaban J connectivity index is 0.970. The molecule has 0 saturated heterocycles. The van der Waals surface area contributed by atoms with Crippen LogP contribution in [-0.4, -0.2) is 23.7 Å². The molecule has 5 nitrogen and oxygen atoms in total. The molecular formula is C62H37N5. The number of hydrogen-bond acceptors (Lipinski definition) is 2. The summed E-state index contributed by atoms with van der Waals surface area (Å²) in [7, 11) is 0. The molecule has 0 radical (unpaired) electrons. The Morgan fingerprint density at radius 2 is 0.821 bits per heavy atom. The summed E-state index contributed by atoms with van der Waals surface area (Å²) in [6, 6.07) is 81.4. The predicted molar refractivity (Wildman–Crippen MR) is 279 cm³/mol. The van der Waals surface area contributed by atoms with Gasteiger partial charge in [0, 0.05) is 54.8 Å². The van der Waals surface area contributed by atoms with Crippen LogP contribution >= 0.6 is 0 Å². The Morgan fingerprint density at radius 3 is 1.57 bits per heavy atom. The third kappa shape index (κ3) is 5.19. The van der Waals surface area contributed by atoms with E-state index in [-0.39, 0.29) is 0 Å². The Hall–Kier alpha value is -9.06. The number of nitrogens with zero attached hydrogens (tertiary/aromatic N) is 5. The summed E-state index contributed by atoms with van der Waals surface area (Å²) < 4.78 is 7.15. The van der Waals surface area contributed by atoms with Crippen molar-refractivity contribution in [3.8, 4) is 51.0 Å². The van der Waals surface area contributed by atoms with Crippen molar-refractivity contribution in [2.24, 2.45) is 0 Å². The highest BCUT2D eigenvalue weighted by Gasteiger charge is 2.24. The smallest absolute Gasteiger partial charge is 0.235 e. The van der Waals surface area contributed by atoms with Crippen LogP contribution in [0, 0.1) is 0 Å². The van der Waals surface area contributed by atoms with Crippen LogP contribution in [0.15, 0.2) is 224 Å². The van der Waals surface area contributed by atoms with Crippen molar-refractivity contribution in [1.82, 2.24) is 23.7 Å². The highest BCUT2D eigenvalue weighted by atomic mass is 15.2. The number of aromatic nitrogens is 5. The second kappa shape index (κ2) is 13.7. The summed E-state index contributed by atoms with van der Waals surface area (Å²) in [5, 5.41) is 12.4. The fraction of sp³-hybridized carbons (Fsp3) is 0. The van der Waals surface area contributed by atoms with E-state index < -0.39 is 0 Å². The normalized spacial score (nSPS) is 12.2. The average Bonchev–Trinajstić information content (AvgIpc) is 4.04. The molecular weight excluding hydrogens is 815 g/mol. The maximum absolute atomic E-state index is 5.33. The van der Waals surface area contributed by atoms with Crippen LogP contribution < -0.4 is 0 Å². The van der Waals surface area contributed by atoms with Crippen molar-refractivity contribution in [2.75, 3.05) is 0 Å². The molecule has 5 heteroatoms. The zero-order valence-corrected chi connectivity index (χ0v) is 36.1. The van der Waals surface area contributed by atoms with Crippen LogP contribution in [0.5, 0.6) is 0 Å². The number of rotatable bonds is 6. The summed E-state index contributed by atoms with van der Waals surface area (Å²) in [6.45, 7) is 0. The molecule has 0 fully saturated rings. The summed E-state index contributed by atoms with van der Waals surface area (Å²) in [5.74, 6) is 0.651. The van der Waals surface area contributed by atoms with Crippen molar-refractivity contribution in [3.63, 3.8) is 0 Å². The van der Waals surface area contributed by atoms with Crippen LogP contribution in [0.3, 0.4) is 0 Å². The SMILES string of the molecule is c1ccc(-c2cc(-c3ccccc3)nc(-n3c4cccc5ccc6c(-c7cc8ccc9cccc%10c9c8c(c7)n%10-c7ccc8c(c7)c7ccccc7n8-c7ccccc7)ccc3c6c54)n2)cc1. The average molecular weight is 852 g/mol. The van der Waals surface area contributed by atoms with Gasteiger partial charge in [-0.2, -0.15) is 0 Å². The van der Waals surface area contributed by atoms with Gasteiger partial charge >= 0.3 is 0 Å². The van der Waals surface area contributed by atoms with Gasteiger partial charge < -0.3 is 9.13 Å². The van der Waals surface area contributed by atoms with E-state index in [9.17, 15) is 0 Å². The van der Waals surface area contributed by atoms with Crippen molar-refractivity contribution < 1.29 is 0 Å². The number of para-hydroxylation sites is 2. The molecule has 0 aliphatic carbocycles. The lowest BCUT2D eigenvalue weighted by atomic mass is 9.92. The monoisotopic (exact) mass is 851 g/mol. The van der Waals surface area contributed by atoms with Crippen LogP contribution in [0.2, 0.25) is 0 Å². The third-order valence-corrected chi connectivity index (χ3v) is 14.1. The van der Waals surface area contributed by atoms with Crippen molar-refractivity contribution >= 4 is 87.0 Å². The maximum atomic E-state index is 5.33. The Morgan fingerprint density at radius 1 is 0.269 bits per heavy atom. The van der Waals surface area contributed by atoms with Gasteiger partial charge in [-0.3, -0.25) is 4.57 Å². The molecule has 0 N–H and O–H groups in total. The van der Waals surface area contributed by atoms with Gasteiger partial charge in [0.2, 0.25) is 5.95 Å². The van der Waals surface area contributed by atoms with Crippen molar-refractivity contribution in [3.05, 3.63) is 224 Å². The highest BCUT2D eigenvalue weighted by molar-refractivity contribution is 6.28. The molecule has 0 saturated carbocycles. The van der Waals surface area contributed by atoms with Gasteiger partial charge in [-0.1, -0.05) is 152 Å². The molecule has 0 atom stereocenters. The summed E-state index contributed by atoms with van der Waals surface area (Å²) in [6.07, 6.45) is 0. The summed E-state index contributed by atoms with van der Waals surface area (Å²) in [5.41, 5.74) is 15.5. The minimum absolute atomic E-state index is 0.651. The zero-order chi connectivity index (χ0) is 43.7. The second-order valence-corrected chi connectivity index (χ2v) is 17.8. The van der Waals surface area contributed by atoms with Crippen molar-refractivity contribution in [1.29, 1.82) is 0 Å². The number of hydrogen-bond donors (Lipinski definition) is 0. The van der Waals surface area contributed by atoms with E-state index in [1.54, 1.807) is 0 Å². The molecule has 4 aromatic heterocycles. The fourth-order valence-electron chi connectivity index (χ4n) is 11.3. The molecule has 0 unspecified atom stereocenters. The first-order valence-electron chi connectivity index (χ1n) is 22.9. The van der Waals surface area contributed by atoms with E-state index in [1.165, 1.54) is 87.1 Å². The largest absolute Gasteiger partial charge is 0.309 e. The molecule has 0 aliphatic rings. The number of fused-ring (bicyclic) bond motifs is 3. The molecule has 11 aromatic carbocycles. The predicted octanol–water partition coefficient (Wildman–Crippen LogP) is 16.0. The second-order valence-electron chi connectivity index (χ2n) is 17.8. The van der Waals surface area contributed by atoms with Gasteiger partial charge in [0.25, 0.3) is 0 Å². The molecule has 0 bridgehead atoms. The first-order chi connectivity index (χ1) is 33.2. The molecule has 4 heterocycles. The first kappa shape index (κ1) is 36.3. The maximum Gasteiger partial charge on any atom is 0.235 e. The van der Waals surface area contributed by atoms with Crippen LogP contribution in [0.4, 0.5) is 0 Å². The molecule has 15 aromatic rings. The van der Waals surface area contributed by atoms with E-state index in [0.29, 0.717) is 5.95 Å². The Labute approximate surface area is 384 Å². The van der Waals surface area contributed by atoms with Gasteiger partial charge in [-0.15, -0.1) is 0 Å². The van der Waals surface area contributed by atoms with E-state index in [4.69, 9.17) is 9.97 Å². The van der Waals surface area contributed by atoms with E-state index in [0.717, 1.165) is 44.9 Å². The topological polar surface area (TPSA) is 40.6 Å². The van der Waals surface area contributed by atoms with Crippen LogP contribution in [0.25, 0.3) is 138 Å². The number of benzene rings is 11. The third-order valence-electron chi connectivity index (χ3n) is 14.1. The Kier molecular flexibility index (Phi) is 7.44. The molecule has 15 rings (SSSR count). The molecule has 0 aliphatic heterocycles. The fourth-order valence-corrected chi connectivity index (χ4v) is 11.3. The minimum atomic E-state index is 0.651. The molecule has 0 amide bonds. The summed E-state index contributed by atoms with van der Waals surface area (Å²) in [4.78, 5) is 10.7. The van der Waals surface area contributed by atoms with E-state index in [1.807, 2.05) is 12.1 Å². The van der Waals surface area contributed by atoms with Gasteiger partial charge in [0.1, 0.15) is 0 Å². The van der Waals surface area contributed by atoms with E-state index in [2.05, 4.69) is 226 Å². The van der Waals surface area contributed by atoms with Gasteiger partial charge in [-0.05, 0) is 105 Å². The standard InChI is InChI=1S/C62H37N5/c1-4-14-38(15-5-1)50-37-51(39-16-6-2-7-17-39)64-62(63-50)67-55-25-13-19-41-28-30-48-46(31-33-56(67)61(48)59(41)55)43-34-42-27-26-40-18-12-24-54-58(40)60(42)57(35-43)66(54)45-29-32-53-49(36-45)47-22-10-11-23-52(47)65(53)44-20-8-3-9-21-44/h1-37H. The zero-order valence-electron chi connectivity index (χ0n) is 36.1. The molecule has 67 heavy (non-hydrogen) atoms. The van der Waals surface area contributed by atoms with Gasteiger partial charge in [-0.25, -0.2) is 9.97 Å². The van der Waals surface area contributed by atoms with Crippen molar-refractivity contribution in [2.45, 2.75) is 0 Å².